The van der Waals surface area contributed by atoms with Crippen molar-refractivity contribution < 1.29 is 18.7 Å². The first kappa shape index (κ1) is 24.3. The number of carbonyl (C=O) groups is 2. The average Bonchev–Trinajstić information content (AvgIpc) is 3.23. The van der Waals surface area contributed by atoms with Gasteiger partial charge < -0.3 is 9.64 Å². The second-order valence-corrected chi connectivity index (χ2v) is 10.4. The van der Waals surface area contributed by atoms with E-state index in [1.54, 1.807) is 40.5 Å². The Kier molecular flexibility index (Phi) is 6.72. The van der Waals surface area contributed by atoms with Crippen LogP contribution in [0.2, 0.25) is 0 Å². The first-order valence-electron chi connectivity index (χ1n) is 11.8. The van der Waals surface area contributed by atoms with Crippen LogP contribution in [0, 0.1) is 15.7 Å². The molecule has 2 aromatic carbocycles. The van der Waals surface area contributed by atoms with Crippen LogP contribution < -0.4 is 5.56 Å². The van der Waals surface area contributed by atoms with Crippen molar-refractivity contribution in [1.82, 2.24) is 13.9 Å². The van der Waals surface area contributed by atoms with Crippen LogP contribution in [0.1, 0.15) is 19.8 Å². The molecule has 1 fully saturated rings. The summed E-state index contributed by atoms with van der Waals surface area (Å²) in [7, 11) is 0. The molecule has 186 valence electrons. The Morgan fingerprint density at radius 2 is 2.00 bits per heavy atom. The fourth-order valence-corrected chi connectivity index (χ4v) is 6.19. The van der Waals surface area contributed by atoms with Crippen LogP contribution in [0.25, 0.3) is 27.0 Å². The molecular formula is C26H24FN3O4S2. The van der Waals surface area contributed by atoms with Gasteiger partial charge >= 0.3 is 5.97 Å². The number of hydrogen-bond acceptors (Lipinski definition) is 6. The lowest BCUT2D eigenvalue weighted by atomic mass is 9.98. The number of benzene rings is 2. The Morgan fingerprint density at radius 1 is 1.19 bits per heavy atom. The third kappa shape index (κ3) is 4.35. The van der Waals surface area contributed by atoms with Crippen LogP contribution in [0.4, 0.5) is 4.39 Å². The zero-order chi connectivity index (χ0) is 25.4. The van der Waals surface area contributed by atoms with Crippen molar-refractivity contribution in [3.8, 4) is 10.4 Å². The normalized spacial score (nSPS) is 15.9. The van der Waals surface area contributed by atoms with E-state index in [0.717, 1.165) is 0 Å². The molecule has 1 amide bonds. The maximum Gasteiger partial charge on any atom is 0.310 e. The Bertz CT molecular complexity index is 1610. The number of para-hydroxylation sites is 1. The van der Waals surface area contributed by atoms with Crippen molar-refractivity contribution >= 4 is 52.0 Å². The molecule has 1 aliphatic heterocycles. The third-order valence-electron chi connectivity index (χ3n) is 6.44. The summed E-state index contributed by atoms with van der Waals surface area (Å²) in [4.78, 5) is 41.6. The van der Waals surface area contributed by atoms with Gasteiger partial charge in [0, 0.05) is 13.1 Å². The second-order valence-electron chi connectivity index (χ2n) is 8.71. The molecule has 0 N–H and O–H groups in total. The molecule has 4 aromatic rings. The van der Waals surface area contributed by atoms with E-state index < -0.39 is 5.82 Å². The summed E-state index contributed by atoms with van der Waals surface area (Å²) in [5.41, 5.74) is 1.32. The van der Waals surface area contributed by atoms with Gasteiger partial charge in [0.25, 0.3) is 5.56 Å². The minimum absolute atomic E-state index is 0.226. The number of ether oxygens (including phenoxy) is 1. The van der Waals surface area contributed by atoms with E-state index in [9.17, 15) is 18.8 Å². The van der Waals surface area contributed by atoms with E-state index in [1.165, 1.54) is 28.0 Å². The third-order valence-corrected chi connectivity index (χ3v) is 7.85. The summed E-state index contributed by atoms with van der Waals surface area (Å²) in [5, 5.41) is 0.431. The van der Waals surface area contributed by atoms with Crippen molar-refractivity contribution in [2.75, 3.05) is 19.7 Å². The van der Waals surface area contributed by atoms with Crippen LogP contribution >= 0.6 is 23.6 Å². The number of esters is 1. The Hall–Kier alpha value is -3.37. The van der Waals surface area contributed by atoms with Gasteiger partial charge in [0.2, 0.25) is 5.91 Å². The summed E-state index contributed by atoms with van der Waals surface area (Å²) in [6.07, 6.45) is 1.33. The predicted molar refractivity (Wildman–Crippen MR) is 139 cm³/mol. The van der Waals surface area contributed by atoms with Crippen LogP contribution in [0.5, 0.6) is 0 Å². The number of halogens is 1. The number of carbonyl (C=O) groups excluding carboxylic acids is 2. The fourth-order valence-electron chi connectivity index (χ4n) is 4.77. The van der Waals surface area contributed by atoms with E-state index in [-0.39, 0.29) is 43.1 Å². The summed E-state index contributed by atoms with van der Waals surface area (Å²) in [6.45, 7) is 2.57. The highest BCUT2D eigenvalue weighted by atomic mass is 32.1. The molecule has 7 nitrogen and oxygen atoms in total. The summed E-state index contributed by atoms with van der Waals surface area (Å²) in [5.74, 6) is -1.37. The van der Waals surface area contributed by atoms with Gasteiger partial charge in [0.15, 0.2) is 3.95 Å². The predicted octanol–water partition coefficient (Wildman–Crippen LogP) is 4.65. The smallest absolute Gasteiger partial charge is 0.310 e. The first-order chi connectivity index (χ1) is 17.4. The first-order valence-corrected chi connectivity index (χ1v) is 13.0. The van der Waals surface area contributed by atoms with Crippen LogP contribution in [-0.4, -0.2) is 45.4 Å². The molecule has 5 rings (SSSR count). The number of likely N-dealkylation sites (tertiary alicyclic amines) is 1. The number of piperidine rings is 1. The standard InChI is InChI=1S/C26H24FN3O4S2/c1-2-34-25(33)17-8-6-12-28(14-17)21(31)15-29-23-22(16-7-5-9-18(27)13-16)36-26(35)30(23)20-11-4-3-10-19(20)24(29)32/h3-5,7,9-11,13,17H,2,6,8,12,14-15H2,1H3. The molecule has 0 aliphatic carbocycles. The van der Waals surface area contributed by atoms with E-state index >= 15 is 0 Å². The van der Waals surface area contributed by atoms with Gasteiger partial charge in [-0.2, -0.15) is 0 Å². The van der Waals surface area contributed by atoms with Crippen LogP contribution in [-0.2, 0) is 20.9 Å². The largest absolute Gasteiger partial charge is 0.466 e. The highest BCUT2D eigenvalue weighted by molar-refractivity contribution is 7.73. The number of nitrogens with zero attached hydrogens (tertiary/aromatic N) is 3. The monoisotopic (exact) mass is 525 g/mol. The minimum atomic E-state index is -0.408. The molecule has 1 saturated heterocycles. The number of hydrogen-bond donors (Lipinski definition) is 0. The van der Waals surface area contributed by atoms with Crippen molar-refractivity contribution in [3.05, 3.63) is 68.7 Å². The summed E-state index contributed by atoms with van der Waals surface area (Å²) >= 11 is 6.94. The Balaban J connectivity index is 1.63. The van der Waals surface area contributed by atoms with E-state index in [2.05, 4.69) is 0 Å². The second kappa shape index (κ2) is 9.94. The van der Waals surface area contributed by atoms with Gasteiger partial charge in [-0.1, -0.05) is 24.3 Å². The highest BCUT2D eigenvalue weighted by Crippen LogP contribution is 2.33. The molecule has 1 unspecified atom stereocenters. The van der Waals surface area contributed by atoms with Crippen molar-refractivity contribution in [2.45, 2.75) is 26.3 Å². The molecule has 1 atom stereocenters. The molecule has 0 bridgehead atoms. The molecule has 0 saturated carbocycles. The lowest BCUT2D eigenvalue weighted by Crippen LogP contribution is -2.45. The fraction of sp³-hybridized carbons (Fsp3) is 0.308. The maximum atomic E-state index is 14.1. The molecule has 1 aliphatic rings. The minimum Gasteiger partial charge on any atom is -0.466 e. The number of thiazole rings is 1. The Morgan fingerprint density at radius 3 is 2.78 bits per heavy atom. The number of rotatable bonds is 5. The zero-order valence-corrected chi connectivity index (χ0v) is 21.2. The quantitative estimate of drug-likeness (QED) is 0.280. The van der Waals surface area contributed by atoms with Crippen LogP contribution in [0.15, 0.2) is 53.3 Å². The lowest BCUT2D eigenvalue weighted by molar-refractivity contribution is -0.151. The maximum absolute atomic E-state index is 14.1. The van der Waals surface area contributed by atoms with Crippen molar-refractivity contribution in [3.63, 3.8) is 0 Å². The number of aromatic nitrogens is 2. The van der Waals surface area contributed by atoms with Gasteiger partial charge in [0.1, 0.15) is 18.0 Å². The Labute approximate surface area is 215 Å². The average molecular weight is 526 g/mol. The van der Waals surface area contributed by atoms with Gasteiger partial charge in [-0.15, -0.1) is 11.3 Å². The molecule has 2 aromatic heterocycles. The molecule has 36 heavy (non-hydrogen) atoms. The summed E-state index contributed by atoms with van der Waals surface area (Å²) in [6, 6.07) is 13.2. The number of fused-ring (bicyclic) bond motifs is 3. The van der Waals surface area contributed by atoms with Gasteiger partial charge in [0.05, 0.1) is 28.3 Å². The van der Waals surface area contributed by atoms with Crippen LogP contribution in [0.3, 0.4) is 0 Å². The molecule has 0 spiro atoms. The zero-order valence-electron chi connectivity index (χ0n) is 19.6. The van der Waals surface area contributed by atoms with E-state index in [4.69, 9.17) is 17.0 Å². The molecular weight excluding hydrogens is 501 g/mol. The van der Waals surface area contributed by atoms with Gasteiger partial charge in [-0.25, -0.2) is 4.39 Å². The lowest BCUT2D eigenvalue weighted by Gasteiger charge is -2.31. The SMILES string of the molecule is CCOC(=O)C1CCCN(C(=O)Cn2c(=O)c3ccccc3n3c(=S)sc(-c4cccc(F)c4)c23)C1. The van der Waals surface area contributed by atoms with E-state index in [0.29, 0.717) is 50.3 Å². The van der Waals surface area contributed by atoms with E-state index in [1.807, 2.05) is 12.1 Å². The van der Waals surface area contributed by atoms with Crippen molar-refractivity contribution in [1.29, 1.82) is 0 Å². The highest BCUT2D eigenvalue weighted by Gasteiger charge is 2.30. The van der Waals surface area contributed by atoms with Gasteiger partial charge in [-0.3, -0.25) is 23.4 Å². The molecule has 3 heterocycles. The summed E-state index contributed by atoms with van der Waals surface area (Å²) < 4.78 is 22.9. The number of amides is 1. The molecule has 0 radical (unpaired) electrons. The molecule has 10 heteroatoms. The van der Waals surface area contributed by atoms with Gasteiger partial charge in [-0.05, 0) is 61.8 Å². The topological polar surface area (TPSA) is 73.0 Å². The van der Waals surface area contributed by atoms with Crippen molar-refractivity contribution in [2.24, 2.45) is 5.92 Å².